The van der Waals surface area contributed by atoms with Gasteiger partial charge in [-0.1, -0.05) is 34.5 Å². The van der Waals surface area contributed by atoms with Crippen molar-refractivity contribution in [1.82, 2.24) is 19.8 Å². The minimum Gasteiger partial charge on any atom is -0.495 e. The fourth-order valence-corrected chi connectivity index (χ4v) is 4.54. The number of methoxy groups -OCH3 is 1. The Bertz CT molecular complexity index is 1510. The van der Waals surface area contributed by atoms with Gasteiger partial charge in [0.05, 0.1) is 17.8 Å². The number of amides is 1. The zero-order valence-corrected chi connectivity index (χ0v) is 19.9. The summed E-state index contributed by atoms with van der Waals surface area (Å²) in [6, 6.07) is 14.1. The molecule has 0 radical (unpaired) electrons. The van der Waals surface area contributed by atoms with E-state index in [2.05, 4.69) is 20.6 Å². The van der Waals surface area contributed by atoms with E-state index in [-0.39, 0.29) is 5.91 Å². The van der Waals surface area contributed by atoms with Crippen LogP contribution in [0.25, 0.3) is 32.9 Å². The van der Waals surface area contributed by atoms with E-state index >= 15 is 0 Å². The molecular formula is C23H15Cl2N5O3S. The molecule has 0 aliphatic heterocycles. The standard InChI is InChI=1S/C23H15Cl2N5O3S/c1-32-20-7-2-13(22-29-30-12-26-28-23(30)34-22)10-18(20)27-21(31)9-5-15-4-8-19(33-15)16-6-3-14(24)11-17(16)25/h2-12H,1H3,(H,27,31)/b9-5+. The molecule has 5 aromatic rings. The number of anilines is 1. The van der Waals surface area contributed by atoms with E-state index in [4.69, 9.17) is 32.4 Å². The van der Waals surface area contributed by atoms with E-state index in [1.54, 1.807) is 53.1 Å². The number of aromatic nitrogens is 4. The summed E-state index contributed by atoms with van der Waals surface area (Å²) in [5, 5.41) is 16.8. The van der Waals surface area contributed by atoms with Gasteiger partial charge in [-0.05, 0) is 54.6 Å². The van der Waals surface area contributed by atoms with Crippen LogP contribution in [-0.4, -0.2) is 32.8 Å². The molecule has 5 rings (SSSR count). The first-order valence-electron chi connectivity index (χ1n) is 9.90. The second-order valence-corrected chi connectivity index (χ2v) is 8.83. The Kier molecular flexibility index (Phi) is 6.06. The molecule has 1 amide bonds. The number of nitrogens with zero attached hydrogens (tertiary/aromatic N) is 4. The molecule has 0 saturated heterocycles. The van der Waals surface area contributed by atoms with Gasteiger partial charge in [-0.3, -0.25) is 4.79 Å². The second kappa shape index (κ2) is 9.30. The maximum absolute atomic E-state index is 12.6. The Morgan fingerprint density at radius 2 is 2.06 bits per heavy atom. The van der Waals surface area contributed by atoms with Crippen molar-refractivity contribution < 1.29 is 13.9 Å². The summed E-state index contributed by atoms with van der Waals surface area (Å²) >= 11 is 13.6. The first kappa shape index (κ1) is 22.1. The van der Waals surface area contributed by atoms with Crippen LogP contribution in [0.15, 0.2) is 65.4 Å². The zero-order chi connectivity index (χ0) is 23.7. The number of ether oxygens (including phenoxy) is 1. The van der Waals surface area contributed by atoms with Crippen molar-refractivity contribution in [2.75, 3.05) is 12.4 Å². The molecule has 170 valence electrons. The third kappa shape index (κ3) is 4.54. The van der Waals surface area contributed by atoms with Gasteiger partial charge in [0.25, 0.3) is 0 Å². The summed E-state index contributed by atoms with van der Waals surface area (Å²) in [5.74, 6) is 1.24. The minimum absolute atomic E-state index is 0.351. The molecule has 0 bridgehead atoms. The summed E-state index contributed by atoms with van der Waals surface area (Å²) < 4.78 is 12.8. The summed E-state index contributed by atoms with van der Waals surface area (Å²) in [6.07, 6.45) is 4.48. The number of hydrogen-bond donors (Lipinski definition) is 1. The van der Waals surface area contributed by atoms with Gasteiger partial charge in [0.15, 0.2) is 0 Å². The SMILES string of the molecule is COc1ccc(-c2nn3cnnc3s2)cc1NC(=O)/C=C/c1ccc(-c2ccc(Cl)cc2Cl)o1. The lowest BCUT2D eigenvalue weighted by Gasteiger charge is -2.10. The summed E-state index contributed by atoms with van der Waals surface area (Å²) in [4.78, 5) is 13.3. The van der Waals surface area contributed by atoms with Gasteiger partial charge in [0, 0.05) is 22.2 Å². The highest BCUT2D eigenvalue weighted by molar-refractivity contribution is 7.19. The highest BCUT2D eigenvalue weighted by Gasteiger charge is 2.13. The average Bonchev–Trinajstić information content (AvgIpc) is 3.54. The van der Waals surface area contributed by atoms with Gasteiger partial charge >= 0.3 is 0 Å². The zero-order valence-electron chi connectivity index (χ0n) is 17.5. The van der Waals surface area contributed by atoms with Crippen molar-refractivity contribution in [3.8, 4) is 27.6 Å². The van der Waals surface area contributed by atoms with E-state index < -0.39 is 0 Å². The van der Waals surface area contributed by atoms with E-state index in [1.165, 1.54) is 30.8 Å². The first-order chi connectivity index (χ1) is 16.5. The number of benzene rings is 2. The lowest BCUT2D eigenvalue weighted by Crippen LogP contribution is -2.09. The highest BCUT2D eigenvalue weighted by Crippen LogP contribution is 2.33. The Morgan fingerprint density at radius 1 is 1.18 bits per heavy atom. The van der Waals surface area contributed by atoms with Gasteiger partial charge in [-0.15, -0.1) is 10.2 Å². The fourth-order valence-electron chi connectivity index (χ4n) is 3.22. The van der Waals surface area contributed by atoms with Crippen molar-refractivity contribution in [3.63, 3.8) is 0 Å². The molecule has 8 nitrogen and oxygen atoms in total. The molecular weight excluding hydrogens is 497 g/mol. The number of furan rings is 1. The Hall–Kier alpha value is -3.66. The van der Waals surface area contributed by atoms with Gasteiger partial charge in [0.1, 0.15) is 28.6 Å². The smallest absolute Gasteiger partial charge is 0.248 e. The monoisotopic (exact) mass is 511 g/mol. The van der Waals surface area contributed by atoms with Crippen LogP contribution in [0.1, 0.15) is 5.76 Å². The van der Waals surface area contributed by atoms with Crippen LogP contribution in [0.2, 0.25) is 10.0 Å². The molecule has 0 fully saturated rings. The van der Waals surface area contributed by atoms with Crippen LogP contribution >= 0.6 is 34.5 Å². The fraction of sp³-hybridized carbons (Fsp3) is 0.0435. The van der Waals surface area contributed by atoms with Crippen molar-refractivity contribution >= 4 is 57.2 Å². The lowest BCUT2D eigenvalue weighted by atomic mass is 10.2. The molecule has 2 aromatic carbocycles. The maximum atomic E-state index is 12.6. The predicted octanol–water partition coefficient (Wildman–Crippen LogP) is 6.08. The number of hydrogen-bond acceptors (Lipinski definition) is 7. The lowest BCUT2D eigenvalue weighted by molar-refractivity contribution is -0.111. The van der Waals surface area contributed by atoms with Crippen LogP contribution in [0.3, 0.4) is 0 Å². The largest absolute Gasteiger partial charge is 0.495 e. The van der Waals surface area contributed by atoms with Crippen LogP contribution < -0.4 is 10.1 Å². The quantitative estimate of drug-likeness (QED) is 0.277. The summed E-state index contributed by atoms with van der Waals surface area (Å²) in [7, 11) is 1.54. The van der Waals surface area contributed by atoms with Crippen molar-refractivity contribution in [3.05, 3.63) is 76.7 Å². The van der Waals surface area contributed by atoms with Gasteiger partial charge in [-0.2, -0.15) is 9.61 Å². The Balaban J connectivity index is 1.33. The molecule has 34 heavy (non-hydrogen) atoms. The van der Waals surface area contributed by atoms with Crippen molar-refractivity contribution in [2.24, 2.45) is 0 Å². The average molecular weight is 512 g/mol. The van der Waals surface area contributed by atoms with Crippen molar-refractivity contribution in [2.45, 2.75) is 0 Å². The normalized spacial score (nSPS) is 11.4. The number of fused-ring (bicyclic) bond motifs is 1. The second-order valence-electron chi connectivity index (χ2n) is 7.03. The molecule has 0 spiro atoms. The Labute approximate surface area is 207 Å². The summed E-state index contributed by atoms with van der Waals surface area (Å²) in [6.45, 7) is 0. The highest BCUT2D eigenvalue weighted by atomic mass is 35.5. The van der Waals surface area contributed by atoms with Crippen LogP contribution in [0.5, 0.6) is 5.75 Å². The maximum Gasteiger partial charge on any atom is 0.248 e. The number of rotatable bonds is 6. The number of halogens is 2. The molecule has 1 N–H and O–H groups in total. The molecule has 0 atom stereocenters. The minimum atomic E-state index is -0.351. The van der Waals surface area contributed by atoms with E-state index in [0.29, 0.717) is 43.5 Å². The number of nitrogens with one attached hydrogen (secondary N) is 1. The molecule has 0 aliphatic rings. The van der Waals surface area contributed by atoms with E-state index in [9.17, 15) is 4.79 Å². The van der Waals surface area contributed by atoms with Crippen LogP contribution in [-0.2, 0) is 4.79 Å². The van der Waals surface area contributed by atoms with Gasteiger partial charge in [0.2, 0.25) is 10.9 Å². The third-order valence-corrected chi connectivity index (χ3v) is 6.32. The van der Waals surface area contributed by atoms with Crippen LogP contribution in [0.4, 0.5) is 5.69 Å². The van der Waals surface area contributed by atoms with E-state index in [0.717, 1.165) is 10.6 Å². The molecule has 0 saturated carbocycles. The molecule has 3 aromatic heterocycles. The molecule has 0 unspecified atom stereocenters. The third-order valence-electron chi connectivity index (χ3n) is 4.81. The predicted molar refractivity (Wildman–Crippen MR) is 132 cm³/mol. The molecule has 11 heteroatoms. The Morgan fingerprint density at radius 3 is 2.85 bits per heavy atom. The topological polar surface area (TPSA) is 94.5 Å². The summed E-state index contributed by atoms with van der Waals surface area (Å²) in [5.41, 5.74) is 2.03. The van der Waals surface area contributed by atoms with E-state index in [1.807, 2.05) is 6.07 Å². The molecule has 0 aliphatic carbocycles. The first-order valence-corrected chi connectivity index (χ1v) is 11.5. The van der Waals surface area contributed by atoms with Gasteiger partial charge < -0.3 is 14.5 Å². The van der Waals surface area contributed by atoms with Gasteiger partial charge in [-0.25, -0.2) is 0 Å². The molecule has 3 heterocycles. The number of carbonyl (C=O) groups excluding carboxylic acids is 1. The number of carbonyl (C=O) groups is 1. The van der Waals surface area contributed by atoms with Crippen LogP contribution in [0, 0.1) is 0 Å². The van der Waals surface area contributed by atoms with Crippen molar-refractivity contribution in [1.29, 1.82) is 0 Å².